The number of benzene rings is 2. The summed E-state index contributed by atoms with van der Waals surface area (Å²) in [7, 11) is 0. The van der Waals surface area contributed by atoms with Crippen molar-refractivity contribution < 1.29 is 9.31 Å². The molecule has 0 radical (unpaired) electrons. The summed E-state index contributed by atoms with van der Waals surface area (Å²) in [5, 5.41) is 11.0. The Morgan fingerprint density at radius 3 is 2.12 bits per heavy atom. The maximum absolute atomic E-state index is 14.9. The number of nitrogens with zero attached hydrogens (tertiary/aromatic N) is 1. The average Bonchev–Trinajstić information content (AvgIpc) is 3.11. The number of non-ortho nitro benzene ring substituents is 1. The first-order valence-corrected chi connectivity index (χ1v) is 8.55. The predicted molar refractivity (Wildman–Crippen MR) is 90.5 cm³/mol. The summed E-state index contributed by atoms with van der Waals surface area (Å²) in [4.78, 5) is 10.6. The van der Waals surface area contributed by atoms with E-state index in [-0.39, 0.29) is 21.8 Å². The highest BCUT2D eigenvalue weighted by Gasteiger charge is 2.57. The van der Waals surface area contributed by atoms with Gasteiger partial charge in [0.25, 0.3) is 5.69 Å². The molecule has 0 heterocycles. The Bertz CT molecular complexity index is 780. The summed E-state index contributed by atoms with van der Waals surface area (Å²) in [5.74, 6) is 0.689. The van der Waals surface area contributed by atoms with Crippen LogP contribution in [0.4, 0.5) is 10.1 Å². The lowest BCUT2D eigenvalue weighted by molar-refractivity contribution is -0.384. The van der Waals surface area contributed by atoms with Gasteiger partial charge in [-0.3, -0.25) is 10.1 Å². The zero-order chi connectivity index (χ0) is 16.9. The third-order valence-electron chi connectivity index (χ3n) is 6.14. The highest BCUT2D eigenvalue weighted by atomic mass is 19.1. The summed E-state index contributed by atoms with van der Waals surface area (Å²) in [5.41, 5.74) is 2.48. The Kier molecular flexibility index (Phi) is 3.44. The zero-order valence-corrected chi connectivity index (χ0v) is 13.7. The second-order valence-electron chi connectivity index (χ2n) is 7.20. The highest BCUT2D eigenvalue weighted by Crippen LogP contribution is 2.62. The van der Waals surface area contributed by atoms with Crippen molar-refractivity contribution >= 4 is 5.69 Å². The van der Waals surface area contributed by atoms with Gasteiger partial charge in [0, 0.05) is 17.5 Å². The molecule has 2 aliphatic rings. The number of nitro benzene ring substituents is 1. The second-order valence-corrected chi connectivity index (χ2v) is 7.20. The molecule has 0 spiro atoms. The van der Waals surface area contributed by atoms with Gasteiger partial charge in [0.1, 0.15) is 5.82 Å². The SMILES string of the molecule is Cc1ccc(C2(c3ccc([N+](=O)[O-])cc3)C3CCC2CC3)c(F)c1. The van der Waals surface area contributed by atoms with Crippen LogP contribution in [-0.2, 0) is 5.41 Å². The smallest absolute Gasteiger partial charge is 0.258 e. The fourth-order valence-electron chi connectivity index (χ4n) is 5.22. The molecule has 2 aromatic rings. The number of hydrogen-bond donors (Lipinski definition) is 0. The van der Waals surface area contributed by atoms with Gasteiger partial charge in [-0.2, -0.15) is 0 Å². The summed E-state index contributed by atoms with van der Waals surface area (Å²) >= 11 is 0. The molecule has 24 heavy (non-hydrogen) atoms. The predicted octanol–water partition coefficient (Wildman–Crippen LogP) is 5.15. The van der Waals surface area contributed by atoms with Gasteiger partial charge in [0.2, 0.25) is 0 Å². The average molecular weight is 325 g/mol. The van der Waals surface area contributed by atoms with E-state index in [1.54, 1.807) is 18.2 Å². The number of fused-ring (bicyclic) bond motifs is 2. The van der Waals surface area contributed by atoms with Gasteiger partial charge in [-0.1, -0.05) is 24.3 Å². The molecule has 2 saturated carbocycles. The monoisotopic (exact) mass is 325 g/mol. The molecule has 2 aromatic carbocycles. The van der Waals surface area contributed by atoms with E-state index in [0.717, 1.165) is 42.4 Å². The summed E-state index contributed by atoms with van der Waals surface area (Å²) in [6.45, 7) is 1.90. The number of halogens is 1. The molecule has 0 N–H and O–H groups in total. The van der Waals surface area contributed by atoms with Gasteiger partial charge < -0.3 is 0 Å². The molecule has 0 amide bonds. The third kappa shape index (κ3) is 2.02. The number of rotatable bonds is 3. The van der Waals surface area contributed by atoms with Crippen LogP contribution >= 0.6 is 0 Å². The van der Waals surface area contributed by atoms with Crippen molar-refractivity contribution in [3.8, 4) is 0 Å². The van der Waals surface area contributed by atoms with E-state index < -0.39 is 0 Å². The summed E-state index contributed by atoms with van der Waals surface area (Å²) in [6, 6.07) is 12.3. The lowest BCUT2D eigenvalue weighted by atomic mass is 9.66. The first-order chi connectivity index (χ1) is 11.5. The van der Waals surface area contributed by atoms with Crippen LogP contribution < -0.4 is 0 Å². The normalized spacial score (nSPS) is 28.2. The molecule has 124 valence electrons. The van der Waals surface area contributed by atoms with Crippen LogP contribution in [0, 0.1) is 34.7 Å². The van der Waals surface area contributed by atoms with Crippen LogP contribution in [0.5, 0.6) is 0 Å². The van der Waals surface area contributed by atoms with Gasteiger partial charge in [-0.25, -0.2) is 4.39 Å². The van der Waals surface area contributed by atoms with Crippen LogP contribution in [0.15, 0.2) is 42.5 Å². The minimum Gasteiger partial charge on any atom is -0.258 e. The van der Waals surface area contributed by atoms with Crippen molar-refractivity contribution in [1.29, 1.82) is 0 Å². The van der Waals surface area contributed by atoms with Gasteiger partial charge >= 0.3 is 0 Å². The fourth-order valence-corrected chi connectivity index (χ4v) is 5.22. The van der Waals surface area contributed by atoms with Crippen LogP contribution in [0.2, 0.25) is 0 Å². The Hall–Kier alpha value is -2.23. The summed E-state index contributed by atoms with van der Waals surface area (Å²) < 4.78 is 14.9. The zero-order valence-electron chi connectivity index (χ0n) is 13.7. The molecule has 0 saturated heterocycles. The Balaban J connectivity index is 1.91. The van der Waals surface area contributed by atoms with E-state index in [2.05, 4.69) is 0 Å². The Morgan fingerprint density at radius 1 is 1.04 bits per heavy atom. The van der Waals surface area contributed by atoms with Crippen LogP contribution in [0.3, 0.4) is 0 Å². The van der Waals surface area contributed by atoms with E-state index in [0.29, 0.717) is 11.8 Å². The standard InChI is InChI=1S/C20H20FNO2/c1-13-2-11-18(19(21)12-13)20(14-3-4-15(20)6-5-14)16-7-9-17(10-8-16)22(23)24/h2,7-12,14-15H,3-6H2,1H3. The minimum absolute atomic E-state index is 0.0867. The van der Waals surface area contributed by atoms with Gasteiger partial charge in [-0.15, -0.1) is 0 Å². The quantitative estimate of drug-likeness (QED) is 0.578. The lowest BCUT2D eigenvalue weighted by Crippen LogP contribution is -2.34. The van der Waals surface area contributed by atoms with E-state index in [1.807, 2.05) is 31.2 Å². The van der Waals surface area contributed by atoms with Crippen molar-refractivity contribution in [2.75, 3.05) is 0 Å². The van der Waals surface area contributed by atoms with Crippen LogP contribution in [0.25, 0.3) is 0 Å². The van der Waals surface area contributed by atoms with Crippen molar-refractivity contribution in [2.45, 2.75) is 38.0 Å². The molecule has 0 atom stereocenters. The van der Waals surface area contributed by atoms with Crippen LogP contribution in [0.1, 0.15) is 42.4 Å². The molecular weight excluding hydrogens is 305 g/mol. The Labute approximate surface area is 140 Å². The van der Waals surface area contributed by atoms with Gasteiger partial charge in [0.05, 0.1) is 4.92 Å². The van der Waals surface area contributed by atoms with Gasteiger partial charge in [0.15, 0.2) is 0 Å². The maximum atomic E-state index is 14.9. The molecule has 4 heteroatoms. The van der Waals surface area contributed by atoms with Crippen molar-refractivity contribution in [1.82, 2.24) is 0 Å². The second kappa shape index (κ2) is 5.40. The highest BCUT2D eigenvalue weighted by molar-refractivity contribution is 5.48. The first-order valence-electron chi connectivity index (χ1n) is 8.55. The largest absolute Gasteiger partial charge is 0.269 e. The number of nitro groups is 1. The van der Waals surface area contributed by atoms with E-state index in [4.69, 9.17) is 0 Å². The van der Waals surface area contributed by atoms with E-state index >= 15 is 0 Å². The number of hydrogen-bond acceptors (Lipinski definition) is 2. The lowest BCUT2D eigenvalue weighted by Gasteiger charge is -2.36. The van der Waals surface area contributed by atoms with Crippen LogP contribution in [-0.4, -0.2) is 4.92 Å². The fraction of sp³-hybridized carbons (Fsp3) is 0.400. The van der Waals surface area contributed by atoms with Crippen molar-refractivity contribution in [3.63, 3.8) is 0 Å². The first kappa shape index (κ1) is 15.3. The maximum Gasteiger partial charge on any atom is 0.269 e. The minimum atomic E-state index is -0.383. The molecule has 3 nitrogen and oxygen atoms in total. The molecule has 2 aliphatic carbocycles. The summed E-state index contributed by atoms with van der Waals surface area (Å²) in [6.07, 6.45) is 4.42. The number of aryl methyl sites for hydroxylation is 1. The van der Waals surface area contributed by atoms with Crippen molar-refractivity contribution in [3.05, 3.63) is 75.1 Å². The molecule has 2 fully saturated rings. The van der Waals surface area contributed by atoms with E-state index in [1.165, 1.54) is 0 Å². The van der Waals surface area contributed by atoms with E-state index in [9.17, 15) is 14.5 Å². The molecule has 2 bridgehead atoms. The van der Waals surface area contributed by atoms with Gasteiger partial charge in [-0.05, 0) is 67.2 Å². The molecular formula is C20H20FNO2. The molecule has 0 unspecified atom stereocenters. The molecule has 0 aliphatic heterocycles. The Morgan fingerprint density at radius 2 is 1.62 bits per heavy atom. The van der Waals surface area contributed by atoms with Crippen molar-refractivity contribution in [2.24, 2.45) is 11.8 Å². The third-order valence-corrected chi connectivity index (χ3v) is 6.14. The topological polar surface area (TPSA) is 43.1 Å². The molecule has 0 aromatic heterocycles. The molecule has 4 rings (SSSR count).